The Morgan fingerprint density at radius 2 is 1.89 bits per heavy atom. The Bertz CT molecular complexity index is 383. The molecule has 0 amide bonds. The van der Waals surface area contributed by atoms with Crippen LogP contribution in [0.25, 0.3) is 0 Å². The van der Waals surface area contributed by atoms with E-state index in [0.717, 1.165) is 24.4 Å². The highest BCUT2D eigenvalue weighted by molar-refractivity contribution is 5.72. The van der Waals surface area contributed by atoms with E-state index in [0.29, 0.717) is 13.0 Å². The molecule has 1 fully saturated rings. The fourth-order valence-corrected chi connectivity index (χ4v) is 1.98. The van der Waals surface area contributed by atoms with Crippen LogP contribution in [0.1, 0.15) is 25.3 Å². The molecule has 1 aliphatic rings. The summed E-state index contributed by atoms with van der Waals surface area (Å²) < 4.78 is 4.91. The van der Waals surface area contributed by atoms with Crippen molar-refractivity contribution >= 4 is 5.97 Å². The van der Waals surface area contributed by atoms with Crippen molar-refractivity contribution in [3.05, 3.63) is 29.8 Å². The Labute approximate surface area is 107 Å². The molecule has 0 aliphatic carbocycles. The summed E-state index contributed by atoms with van der Waals surface area (Å²) in [5.74, 6) is 0.634. The number of carbonyl (C=O) groups excluding carboxylic acids is 1. The highest BCUT2D eigenvalue weighted by Gasteiger charge is 2.13. The SMILES string of the molecule is CCOC(=O)Cc1ccc(ON2CCCC2)cc1. The van der Waals surface area contributed by atoms with E-state index in [2.05, 4.69) is 0 Å². The molecule has 0 spiro atoms. The molecule has 1 aliphatic heterocycles. The van der Waals surface area contributed by atoms with Crippen LogP contribution in [0.5, 0.6) is 5.75 Å². The van der Waals surface area contributed by atoms with Gasteiger partial charge < -0.3 is 9.57 Å². The van der Waals surface area contributed by atoms with Gasteiger partial charge in [0, 0.05) is 13.1 Å². The van der Waals surface area contributed by atoms with E-state index >= 15 is 0 Å². The molecule has 0 unspecified atom stereocenters. The normalized spacial score (nSPS) is 15.6. The molecule has 1 saturated heterocycles. The lowest BCUT2D eigenvalue weighted by molar-refractivity contribution is -0.142. The fraction of sp³-hybridized carbons (Fsp3) is 0.500. The van der Waals surface area contributed by atoms with Crippen LogP contribution in [0, 0.1) is 0 Å². The van der Waals surface area contributed by atoms with Crippen LogP contribution < -0.4 is 4.84 Å². The van der Waals surface area contributed by atoms with Crippen molar-refractivity contribution in [2.75, 3.05) is 19.7 Å². The number of hydrogen-bond acceptors (Lipinski definition) is 4. The van der Waals surface area contributed by atoms with Crippen LogP contribution in [-0.4, -0.2) is 30.7 Å². The van der Waals surface area contributed by atoms with E-state index in [1.807, 2.05) is 36.3 Å². The summed E-state index contributed by atoms with van der Waals surface area (Å²) in [5.41, 5.74) is 0.947. The Hall–Kier alpha value is -1.55. The van der Waals surface area contributed by atoms with E-state index in [-0.39, 0.29) is 5.97 Å². The van der Waals surface area contributed by atoms with Gasteiger partial charge in [0.2, 0.25) is 0 Å². The second-order valence-corrected chi connectivity index (χ2v) is 4.35. The van der Waals surface area contributed by atoms with Gasteiger partial charge in [-0.3, -0.25) is 4.79 Å². The van der Waals surface area contributed by atoms with Gasteiger partial charge in [-0.2, -0.15) is 0 Å². The van der Waals surface area contributed by atoms with Crippen LogP contribution >= 0.6 is 0 Å². The third-order valence-electron chi connectivity index (χ3n) is 2.88. The minimum Gasteiger partial charge on any atom is -0.466 e. The molecule has 98 valence electrons. The Morgan fingerprint density at radius 3 is 2.50 bits per heavy atom. The number of ether oxygens (including phenoxy) is 1. The minimum absolute atomic E-state index is 0.189. The summed E-state index contributed by atoms with van der Waals surface area (Å²) in [4.78, 5) is 17.0. The Balaban J connectivity index is 1.86. The number of nitrogens with zero attached hydrogens (tertiary/aromatic N) is 1. The van der Waals surface area contributed by atoms with Gasteiger partial charge in [-0.1, -0.05) is 12.1 Å². The minimum atomic E-state index is -0.189. The van der Waals surface area contributed by atoms with Gasteiger partial charge in [0.15, 0.2) is 0 Å². The predicted octanol–water partition coefficient (Wildman–Crippen LogP) is 2.18. The molecule has 1 heterocycles. The van der Waals surface area contributed by atoms with E-state index < -0.39 is 0 Å². The first-order valence-corrected chi connectivity index (χ1v) is 6.45. The van der Waals surface area contributed by atoms with Gasteiger partial charge in [-0.25, -0.2) is 0 Å². The van der Waals surface area contributed by atoms with Gasteiger partial charge in [-0.05, 0) is 37.5 Å². The average Bonchev–Trinajstić information content (AvgIpc) is 2.85. The number of rotatable bonds is 5. The van der Waals surface area contributed by atoms with Gasteiger partial charge in [0.1, 0.15) is 5.75 Å². The molecule has 18 heavy (non-hydrogen) atoms. The van der Waals surface area contributed by atoms with Crippen LogP contribution in [0.4, 0.5) is 0 Å². The number of hydrogen-bond donors (Lipinski definition) is 0. The van der Waals surface area contributed by atoms with Crippen LogP contribution in [0.3, 0.4) is 0 Å². The predicted molar refractivity (Wildman–Crippen MR) is 68.2 cm³/mol. The summed E-state index contributed by atoms with van der Waals surface area (Å²) in [6.45, 7) is 4.22. The maximum atomic E-state index is 11.3. The van der Waals surface area contributed by atoms with Crippen molar-refractivity contribution in [3.63, 3.8) is 0 Å². The number of hydroxylamine groups is 2. The van der Waals surface area contributed by atoms with Crippen LogP contribution in [0.15, 0.2) is 24.3 Å². The number of carbonyl (C=O) groups is 1. The van der Waals surface area contributed by atoms with Crippen molar-refractivity contribution in [3.8, 4) is 5.75 Å². The largest absolute Gasteiger partial charge is 0.466 e. The van der Waals surface area contributed by atoms with Gasteiger partial charge in [-0.15, -0.1) is 5.06 Å². The maximum Gasteiger partial charge on any atom is 0.310 e. The molecule has 0 radical (unpaired) electrons. The molecular formula is C14H19NO3. The third-order valence-corrected chi connectivity index (χ3v) is 2.88. The monoisotopic (exact) mass is 249 g/mol. The van der Waals surface area contributed by atoms with Crippen molar-refractivity contribution < 1.29 is 14.4 Å². The molecule has 0 aromatic heterocycles. The highest BCUT2D eigenvalue weighted by Crippen LogP contribution is 2.17. The molecule has 0 atom stereocenters. The summed E-state index contributed by atoms with van der Waals surface area (Å²) >= 11 is 0. The van der Waals surface area contributed by atoms with Crippen molar-refractivity contribution in [1.82, 2.24) is 5.06 Å². The lowest BCUT2D eigenvalue weighted by atomic mass is 10.1. The average molecular weight is 249 g/mol. The van der Waals surface area contributed by atoms with Gasteiger partial charge in [0.25, 0.3) is 0 Å². The summed E-state index contributed by atoms with van der Waals surface area (Å²) in [6.07, 6.45) is 2.71. The lowest BCUT2D eigenvalue weighted by Crippen LogP contribution is -2.23. The van der Waals surface area contributed by atoms with Crippen molar-refractivity contribution in [2.45, 2.75) is 26.2 Å². The zero-order valence-electron chi connectivity index (χ0n) is 10.7. The first kappa shape index (κ1) is 12.9. The summed E-state index contributed by atoms with van der Waals surface area (Å²) in [7, 11) is 0. The van der Waals surface area contributed by atoms with E-state index in [1.165, 1.54) is 12.8 Å². The van der Waals surface area contributed by atoms with E-state index in [4.69, 9.17) is 9.57 Å². The molecule has 1 aromatic carbocycles. The quantitative estimate of drug-likeness (QED) is 0.750. The topological polar surface area (TPSA) is 38.8 Å². The van der Waals surface area contributed by atoms with E-state index in [1.54, 1.807) is 0 Å². The van der Waals surface area contributed by atoms with E-state index in [9.17, 15) is 4.79 Å². The van der Waals surface area contributed by atoms with Gasteiger partial charge in [0.05, 0.1) is 13.0 Å². The first-order valence-electron chi connectivity index (χ1n) is 6.45. The Kier molecular flexibility index (Phi) is 4.59. The number of benzene rings is 1. The molecular weight excluding hydrogens is 230 g/mol. The van der Waals surface area contributed by atoms with Crippen LogP contribution in [0.2, 0.25) is 0 Å². The maximum absolute atomic E-state index is 11.3. The second kappa shape index (κ2) is 6.40. The van der Waals surface area contributed by atoms with Gasteiger partial charge >= 0.3 is 5.97 Å². The van der Waals surface area contributed by atoms with Crippen LogP contribution in [-0.2, 0) is 16.0 Å². The molecule has 0 N–H and O–H groups in total. The molecule has 0 bridgehead atoms. The number of esters is 1. The molecule has 0 saturated carbocycles. The molecule has 1 aromatic rings. The second-order valence-electron chi connectivity index (χ2n) is 4.35. The smallest absolute Gasteiger partial charge is 0.310 e. The summed E-state index contributed by atoms with van der Waals surface area (Å²) in [6, 6.07) is 7.60. The third kappa shape index (κ3) is 3.74. The molecule has 4 heteroatoms. The molecule has 4 nitrogen and oxygen atoms in total. The molecule has 2 rings (SSSR count). The van der Waals surface area contributed by atoms with Crippen molar-refractivity contribution in [2.24, 2.45) is 0 Å². The zero-order valence-corrected chi connectivity index (χ0v) is 10.7. The zero-order chi connectivity index (χ0) is 12.8. The standard InChI is InChI=1S/C14H19NO3/c1-2-17-14(16)11-12-5-7-13(8-6-12)18-15-9-3-4-10-15/h5-8H,2-4,9-11H2,1H3. The first-order chi connectivity index (χ1) is 8.78. The Morgan fingerprint density at radius 1 is 1.22 bits per heavy atom. The highest BCUT2D eigenvalue weighted by atomic mass is 16.7. The fourth-order valence-electron chi connectivity index (χ4n) is 1.98. The lowest BCUT2D eigenvalue weighted by Gasteiger charge is -2.15. The van der Waals surface area contributed by atoms with Crippen molar-refractivity contribution in [1.29, 1.82) is 0 Å². The summed E-state index contributed by atoms with van der Waals surface area (Å²) in [5, 5.41) is 1.97.